The average Bonchev–Trinajstić information content (AvgIpc) is 2.87. The average molecular weight is 510 g/mol. The van der Waals surface area contributed by atoms with Crippen LogP contribution in [0, 0.1) is 0 Å². The second-order valence-corrected chi connectivity index (χ2v) is 9.74. The van der Waals surface area contributed by atoms with E-state index in [0.29, 0.717) is 52.6 Å². The van der Waals surface area contributed by atoms with E-state index in [0.717, 1.165) is 16.8 Å². The van der Waals surface area contributed by atoms with Gasteiger partial charge in [-0.3, -0.25) is 4.79 Å². The van der Waals surface area contributed by atoms with Crippen LogP contribution in [0.25, 0.3) is 0 Å². The number of allylic oxidation sites excluding steroid dienone is 3. The van der Waals surface area contributed by atoms with Crippen molar-refractivity contribution in [2.75, 3.05) is 14.2 Å². The highest BCUT2D eigenvalue weighted by atomic mass is 35.5. The first-order valence-electron chi connectivity index (χ1n) is 12.2. The highest BCUT2D eigenvalue weighted by molar-refractivity contribution is 6.30. The van der Waals surface area contributed by atoms with E-state index in [1.807, 2.05) is 57.2 Å². The topological polar surface area (TPSA) is 73.9 Å². The Morgan fingerprint density at radius 1 is 1.11 bits per heavy atom. The number of ketones is 1. The Bertz CT molecular complexity index is 1230. The molecule has 2 aromatic carbocycles. The fourth-order valence-corrected chi connectivity index (χ4v) is 5.10. The summed E-state index contributed by atoms with van der Waals surface area (Å²) in [5, 5.41) is 4.05. The van der Waals surface area contributed by atoms with E-state index >= 15 is 0 Å². The minimum Gasteiger partial charge on any atom is -0.497 e. The van der Waals surface area contributed by atoms with Crippen LogP contribution in [0.4, 0.5) is 0 Å². The molecule has 0 radical (unpaired) electrons. The summed E-state index contributed by atoms with van der Waals surface area (Å²) in [5.74, 6) is 0.130. The summed E-state index contributed by atoms with van der Waals surface area (Å²) in [6.45, 7) is 5.68. The largest absolute Gasteiger partial charge is 0.497 e. The maximum atomic E-state index is 13.8. The van der Waals surface area contributed by atoms with Crippen molar-refractivity contribution >= 4 is 23.4 Å². The van der Waals surface area contributed by atoms with Crippen LogP contribution in [0.5, 0.6) is 11.5 Å². The fraction of sp³-hybridized carbons (Fsp3) is 0.379. The van der Waals surface area contributed by atoms with Gasteiger partial charge in [0.25, 0.3) is 0 Å². The van der Waals surface area contributed by atoms with Crippen LogP contribution < -0.4 is 14.8 Å². The lowest BCUT2D eigenvalue weighted by molar-refractivity contribution is -0.144. The molecule has 7 heteroatoms. The van der Waals surface area contributed by atoms with Crippen LogP contribution in [0.15, 0.2) is 65.0 Å². The number of nitrogens with one attached hydrogen (secondary N) is 1. The third-order valence-electron chi connectivity index (χ3n) is 7.02. The predicted molar refractivity (Wildman–Crippen MR) is 139 cm³/mol. The van der Waals surface area contributed by atoms with Crippen LogP contribution in [0.3, 0.4) is 0 Å². The van der Waals surface area contributed by atoms with Crippen LogP contribution in [-0.2, 0) is 14.3 Å². The van der Waals surface area contributed by atoms with Crippen molar-refractivity contribution in [1.82, 2.24) is 5.32 Å². The zero-order valence-corrected chi connectivity index (χ0v) is 22.1. The number of esters is 1. The SMILES string of the molecule is CCC(C)OC(=O)C1=C(C)NC2=C(C(=O)CC(c3ccc(Cl)cc3)C2)C1c1ccc(OC)cc1OC. The first-order chi connectivity index (χ1) is 17.3. The molecule has 1 aliphatic heterocycles. The highest BCUT2D eigenvalue weighted by Gasteiger charge is 2.42. The molecule has 0 fully saturated rings. The molecule has 36 heavy (non-hydrogen) atoms. The third-order valence-corrected chi connectivity index (χ3v) is 7.28. The number of carbonyl (C=O) groups excluding carboxylic acids is 2. The Morgan fingerprint density at radius 3 is 2.47 bits per heavy atom. The number of ether oxygens (including phenoxy) is 3. The Labute approximate surface area is 217 Å². The van der Waals surface area contributed by atoms with Gasteiger partial charge >= 0.3 is 5.97 Å². The molecule has 0 saturated carbocycles. The van der Waals surface area contributed by atoms with E-state index in [-0.39, 0.29) is 17.8 Å². The van der Waals surface area contributed by atoms with Gasteiger partial charge in [0.1, 0.15) is 11.5 Å². The quantitative estimate of drug-likeness (QED) is 0.457. The molecule has 4 rings (SSSR count). The van der Waals surface area contributed by atoms with E-state index < -0.39 is 11.9 Å². The maximum Gasteiger partial charge on any atom is 0.337 e. The van der Waals surface area contributed by atoms with Gasteiger partial charge in [0, 0.05) is 40.0 Å². The summed E-state index contributed by atoms with van der Waals surface area (Å²) in [5.41, 5.74) is 4.30. The summed E-state index contributed by atoms with van der Waals surface area (Å²) in [6, 6.07) is 13.1. The van der Waals surface area contributed by atoms with Crippen molar-refractivity contribution in [2.45, 2.75) is 58.0 Å². The second-order valence-electron chi connectivity index (χ2n) is 9.30. The molecule has 0 bridgehead atoms. The zero-order chi connectivity index (χ0) is 26.0. The van der Waals surface area contributed by atoms with Crippen molar-refractivity contribution < 1.29 is 23.8 Å². The smallest absolute Gasteiger partial charge is 0.337 e. The lowest BCUT2D eigenvalue weighted by atomic mass is 9.71. The molecule has 1 N–H and O–H groups in total. The van der Waals surface area contributed by atoms with Crippen molar-refractivity contribution in [1.29, 1.82) is 0 Å². The van der Waals surface area contributed by atoms with Crippen LogP contribution in [0.2, 0.25) is 5.02 Å². The molecule has 0 aromatic heterocycles. The summed E-state index contributed by atoms with van der Waals surface area (Å²) >= 11 is 6.08. The molecule has 1 aliphatic carbocycles. The number of rotatable bonds is 7. The molecular weight excluding hydrogens is 478 g/mol. The number of hydrogen-bond donors (Lipinski definition) is 1. The number of carbonyl (C=O) groups is 2. The minimum atomic E-state index is -0.614. The van der Waals surface area contributed by atoms with Crippen LogP contribution in [0.1, 0.15) is 63.0 Å². The maximum absolute atomic E-state index is 13.8. The Balaban J connectivity index is 1.83. The number of methoxy groups -OCH3 is 2. The predicted octanol–water partition coefficient (Wildman–Crippen LogP) is 6.06. The van der Waals surface area contributed by atoms with Crippen molar-refractivity contribution in [2.24, 2.45) is 0 Å². The number of dihydropyridines is 1. The van der Waals surface area contributed by atoms with Gasteiger partial charge < -0.3 is 19.5 Å². The summed E-state index contributed by atoms with van der Waals surface area (Å²) < 4.78 is 16.8. The molecule has 6 nitrogen and oxygen atoms in total. The zero-order valence-electron chi connectivity index (χ0n) is 21.3. The van der Waals surface area contributed by atoms with Crippen molar-refractivity contribution in [3.8, 4) is 11.5 Å². The minimum absolute atomic E-state index is 0.00656. The lowest BCUT2D eigenvalue weighted by Gasteiger charge is -2.37. The van der Waals surface area contributed by atoms with Crippen LogP contribution >= 0.6 is 11.6 Å². The van der Waals surface area contributed by atoms with Gasteiger partial charge in [-0.15, -0.1) is 0 Å². The summed E-state index contributed by atoms with van der Waals surface area (Å²) in [4.78, 5) is 27.2. The number of benzene rings is 2. The van der Waals surface area contributed by atoms with Gasteiger partial charge in [0.2, 0.25) is 0 Å². The second kappa shape index (κ2) is 10.8. The van der Waals surface area contributed by atoms with Gasteiger partial charge in [0.05, 0.1) is 31.8 Å². The molecule has 0 amide bonds. The lowest BCUT2D eigenvalue weighted by Crippen LogP contribution is -2.36. The van der Waals surface area contributed by atoms with Gasteiger partial charge in [-0.1, -0.05) is 36.7 Å². The molecule has 2 aromatic rings. The molecule has 3 unspecified atom stereocenters. The molecule has 1 heterocycles. The van der Waals surface area contributed by atoms with E-state index in [1.54, 1.807) is 20.3 Å². The summed E-state index contributed by atoms with van der Waals surface area (Å²) in [7, 11) is 3.15. The fourth-order valence-electron chi connectivity index (χ4n) is 4.98. The highest BCUT2D eigenvalue weighted by Crippen LogP contribution is 2.48. The molecule has 0 saturated heterocycles. The summed E-state index contributed by atoms with van der Waals surface area (Å²) in [6.07, 6.45) is 1.42. The molecule has 0 spiro atoms. The van der Waals surface area contributed by atoms with E-state index in [4.69, 9.17) is 25.8 Å². The number of hydrogen-bond acceptors (Lipinski definition) is 6. The standard InChI is InChI=1S/C29H32ClNO5/c1-6-16(2)36-29(33)26-17(3)31-23-13-19(18-7-9-20(30)10-8-18)14-24(32)28(23)27(26)22-12-11-21(34-4)15-25(22)35-5/h7-12,15-16,19,27,31H,6,13-14H2,1-5H3. The van der Waals surface area contributed by atoms with Gasteiger partial charge in [-0.05, 0) is 56.4 Å². The number of halogens is 1. The Kier molecular flexibility index (Phi) is 7.74. The first kappa shape index (κ1) is 25.8. The third kappa shape index (κ3) is 5.00. The van der Waals surface area contributed by atoms with Gasteiger partial charge in [-0.2, -0.15) is 0 Å². The molecule has 2 aliphatic rings. The van der Waals surface area contributed by atoms with E-state index in [1.165, 1.54) is 0 Å². The van der Waals surface area contributed by atoms with Gasteiger partial charge in [0.15, 0.2) is 5.78 Å². The molecule has 190 valence electrons. The first-order valence-corrected chi connectivity index (χ1v) is 12.6. The van der Waals surface area contributed by atoms with Crippen molar-refractivity contribution in [3.05, 3.63) is 81.2 Å². The normalized spacial score (nSPS) is 20.4. The Hall–Kier alpha value is -3.25. The Morgan fingerprint density at radius 2 is 1.83 bits per heavy atom. The molecular formula is C29H32ClNO5. The van der Waals surface area contributed by atoms with E-state index in [9.17, 15) is 9.59 Å². The van der Waals surface area contributed by atoms with Crippen LogP contribution in [-0.4, -0.2) is 32.1 Å². The van der Waals surface area contributed by atoms with E-state index in [2.05, 4.69) is 5.32 Å². The van der Waals surface area contributed by atoms with Gasteiger partial charge in [-0.25, -0.2) is 4.79 Å². The monoisotopic (exact) mass is 509 g/mol. The molecule has 3 atom stereocenters. The van der Waals surface area contributed by atoms with Crippen molar-refractivity contribution in [3.63, 3.8) is 0 Å². The number of Topliss-reactive ketones (excluding diaryl/α,β-unsaturated/α-hetero) is 1.